The summed E-state index contributed by atoms with van der Waals surface area (Å²) in [7, 11) is 0. The predicted molar refractivity (Wildman–Crippen MR) is 98.8 cm³/mol. The zero-order chi connectivity index (χ0) is 17.3. The molecule has 3 aliphatic rings. The molecule has 3 aliphatic heterocycles. The fourth-order valence-corrected chi connectivity index (χ4v) is 4.60. The Balaban J connectivity index is 1.69. The van der Waals surface area contributed by atoms with Gasteiger partial charge in [-0.05, 0) is 29.3 Å². The van der Waals surface area contributed by atoms with Gasteiger partial charge in [0.15, 0.2) is 0 Å². The van der Waals surface area contributed by atoms with E-state index in [1.807, 2.05) is 36.4 Å². The van der Waals surface area contributed by atoms with E-state index in [1.165, 1.54) is 11.1 Å². The number of benzene rings is 3. The average Bonchev–Trinajstić information content (AvgIpc) is 2.96. The monoisotopic (exact) mass is 340 g/mol. The molecule has 0 atom stereocenters. The molecule has 3 aromatic rings. The summed E-state index contributed by atoms with van der Waals surface area (Å²) in [6.45, 7) is 1.40. The number of carbonyl (C=O) groups excluding carboxylic acids is 1. The lowest BCUT2D eigenvalue weighted by Gasteiger charge is -2.56. The maximum atomic E-state index is 12.7. The van der Waals surface area contributed by atoms with Crippen molar-refractivity contribution in [2.24, 2.45) is 0 Å². The molecule has 6 rings (SSSR count). The van der Waals surface area contributed by atoms with Gasteiger partial charge >= 0.3 is 5.97 Å². The van der Waals surface area contributed by atoms with E-state index < -0.39 is 5.85 Å². The molecule has 0 N–H and O–H groups in total. The molecule has 0 unspecified atom stereocenters. The van der Waals surface area contributed by atoms with Crippen LogP contribution in [0.1, 0.15) is 27.0 Å². The first-order valence-corrected chi connectivity index (χ1v) is 8.83. The van der Waals surface area contributed by atoms with Gasteiger partial charge in [-0.3, -0.25) is 0 Å². The number of ether oxygens (including phenoxy) is 1. The standard InChI is InChI=1S/C22H16N2O2/c25-21-17-9-3-4-10-18(17)22(26-21)23-13-15-7-1-5-11-19(15)24(22)14-16-8-2-6-12-20(16)23/h1-12H,13-14H2. The number of anilines is 2. The number of nitrogens with zero attached hydrogens (tertiary/aromatic N) is 2. The van der Waals surface area contributed by atoms with Crippen molar-refractivity contribution in [3.63, 3.8) is 0 Å². The number of hydrogen-bond acceptors (Lipinski definition) is 4. The maximum absolute atomic E-state index is 12.7. The van der Waals surface area contributed by atoms with Crippen LogP contribution in [0.4, 0.5) is 11.4 Å². The fraction of sp³-hybridized carbons (Fsp3) is 0.136. The third-order valence-electron chi connectivity index (χ3n) is 5.69. The van der Waals surface area contributed by atoms with Gasteiger partial charge in [0, 0.05) is 11.4 Å². The van der Waals surface area contributed by atoms with Gasteiger partial charge in [-0.15, -0.1) is 0 Å². The normalized spacial score (nSPS) is 18.2. The average molecular weight is 340 g/mol. The molecule has 3 aromatic carbocycles. The quantitative estimate of drug-likeness (QED) is 0.579. The number of rotatable bonds is 0. The Hall–Kier alpha value is -3.27. The maximum Gasteiger partial charge on any atom is 0.342 e. The molecule has 3 heterocycles. The molecule has 0 radical (unpaired) electrons. The first-order chi connectivity index (χ1) is 12.8. The van der Waals surface area contributed by atoms with Crippen molar-refractivity contribution in [2.75, 3.05) is 9.80 Å². The van der Waals surface area contributed by atoms with Gasteiger partial charge < -0.3 is 14.5 Å². The van der Waals surface area contributed by atoms with E-state index >= 15 is 0 Å². The molecule has 0 amide bonds. The lowest BCUT2D eigenvalue weighted by Crippen LogP contribution is -2.63. The molecule has 2 bridgehead atoms. The van der Waals surface area contributed by atoms with Crippen LogP contribution in [0.15, 0.2) is 72.8 Å². The van der Waals surface area contributed by atoms with Gasteiger partial charge in [-0.1, -0.05) is 54.6 Å². The summed E-state index contributed by atoms with van der Waals surface area (Å²) in [5.41, 5.74) is 6.32. The predicted octanol–water partition coefficient (Wildman–Crippen LogP) is 4.01. The van der Waals surface area contributed by atoms with Crippen LogP contribution in [0.5, 0.6) is 0 Å². The van der Waals surface area contributed by atoms with E-state index in [1.54, 1.807) is 0 Å². The minimum atomic E-state index is -0.906. The van der Waals surface area contributed by atoms with Gasteiger partial charge in [-0.2, -0.15) is 0 Å². The Morgan fingerprint density at radius 1 is 0.731 bits per heavy atom. The summed E-state index contributed by atoms with van der Waals surface area (Å²) < 4.78 is 6.15. The van der Waals surface area contributed by atoms with Crippen molar-refractivity contribution < 1.29 is 9.53 Å². The second kappa shape index (κ2) is 4.67. The van der Waals surface area contributed by atoms with Crippen LogP contribution < -0.4 is 9.80 Å². The van der Waals surface area contributed by atoms with Gasteiger partial charge in [0.1, 0.15) is 0 Å². The van der Waals surface area contributed by atoms with Crippen LogP contribution in [0.25, 0.3) is 0 Å². The highest BCUT2D eigenvalue weighted by molar-refractivity contribution is 5.96. The summed E-state index contributed by atoms with van der Waals surface area (Å²) in [6.07, 6.45) is 0. The lowest BCUT2D eigenvalue weighted by atomic mass is 9.92. The highest BCUT2D eigenvalue weighted by Gasteiger charge is 2.59. The SMILES string of the molecule is O=C1OC2(c3ccccc31)N1Cc3ccccc3N2Cc2ccccc21. The molecule has 1 spiro atoms. The van der Waals surface area contributed by atoms with Gasteiger partial charge in [0.25, 0.3) is 5.85 Å². The minimum Gasteiger partial charge on any atom is -0.411 e. The van der Waals surface area contributed by atoms with E-state index in [0.29, 0.717) is 18.7 Å². The molecule has 0 aliphatic carbocycles. The van der Waals surface area contributed by atoms with Crippen LogP contribution in [-0.4, -0.2) is 5.97 Å². The molecular weight excluding hydrogens is 324 g/mol. The van der Waals surface area contributed by atoms with Gasteiger partial charge in [0.2, 0.25) is 0 Å². The summed E-state index contributed by atoms with van der Waals surface area (Å²) in [6, 6.07) is 24.5. The number of carbonyl (C=O) groups is 1. The molecular formula is C22H16N2O2. The molecule has 4 nitrogen and oxygen atoms in total. The van der Waals surface area contributed by atoms with E-state index in [9.17, 15) is 4.79 Å². The molecule has 0 saturated carbocycles. The first kappa shape index (κ1) is 14.0. The van der Waals surface area contributed by atoms with Crippen LogP contribution >= 0.6 is 0 Å². The molecule has 0 saturated heterocycles. The van der Waals surface area contributed by atoms with Crippen molar-refractivity contribution in [1.29, 1.82) is 0 Å². The van der Waals surface area contributed by atoms with Crippen LogP contribution in [0.2, 0.25) is 0 Å². The molecule has 4 heteroatoms. The third kappa shape index (κ3) is 1.53. The highest BCUT2D eigenvalue weighted by Crippen LogP contribution is 2.54. The van der Waals surface area contributed by atoms with Crippen LogP contribution in [-0.2, 0) is 23.7 Å². The topological polar surface area (TPSA) is 32.8 Å². The van der Waals surface area contributed by atoms with Crippen molar-refractivity contribution >= 4 is 17.3 Å². The van der Waals surface area contributed by atoms with Crippen molar-refractivity contribution in [3.05, 3.63) is 95.1 Å². The van der Waals surface area contributed by atoms with E-state index in [0.717, 1.165) is 16.9 Å². The fourth-order valence-electron chi connectivity index (χ4n) is 4.60. The summed E-state index contributed by atoms with van der Waals surface area (Å²) in [5, 5.41) is 0. The second-order valence-electron chi connectivity index (χ2n) is 6.97. The van der Waals surface area contributed by atoms with Crippen LogP contribution in [0.3, 0.4) is 0 Å². The van der Waals surface area contributed by atoms with Gasteiger partial charge in [-0.25, -0.2) is 4.79 Å². The Morgan fingerprint density at radius 3 is 1.92 bits per heavy atom. The third-order valence-corrected chi connectivity index (χ3v) is 5.69. The number of hydrogen-bond donors (Lipinski definition) is 0. The first-order valence-electron chi connectivity index (χ1n) is 8.83. The van der Waals surface area contributed by atoms with E-state index in [4.69, 9.17) is 4.74 Å². The lowest BCUT2D eigenvalue weighted by molar-refractivity contribution is -0.0190. The number of para-hydroxylation sites is 2. The number of fused-ring (bicyclic) bond motifs is 5. The molecule has 0 fully saturated rings. The minimum absolute atomic E-state index is 0.255. The molecule has 126 valence electrons. The summed E-state index contributed by atoms with van der Waals surface area (Å²) >= 11 is 0. The van der Waals surface area contributed by atoms with Crippen molar-refractivity contribution in [2.45, 2.75) is 18.9 Å². The molecule has 26 heavy (non-hydrogen) atoms. The Labute approximate surface area is 151 Å². The van der Waals surface area contributed by atoms with E-state index in [2.05, 4.69) is 46.2 Å². The van der Waals surface area contributed by atoms with E-state index in [-0.39, 0.29) is 5.97 Å². The van der Waals surface area contributed by atoms with Gasteiger partial charge in [0.05, 0.1) is 24.2 Å². The molecule has 0 aromatic heterocycles. The smallest absolute Gasteiger partial charge is 0.342 e. The number of esters is 1. The summed E-state index contributed by atoms with van der Waals surface area (Å²) in [5.74, 6) is -1.16. The van der Waals surface area contributed by atoms with Crippen LogP contribution in [0, 0.1) is 0 Å². The summed E-state index contributed by atoms with van der Waals surface area (Å²) in [4.78, 5) is 17.2. The zero-order valence-corrected chi connectivity index (χ0v) is 14.1. The largest absolute Gasteiger partial charge is 0.411 e. The highest BCUT2D eigenvalue weighted by atomic mass is 16.6. The Bertz CT molecular complexity index is 1020. The second-order valence-corrected chi connectivity index (χ2v) is 6.97. The Kier molecular flexibility index (Phi) is 2.51. The zero-order valence-electron chi connectivity index (χ0n) is 14.1. The van der Waals surface area contributed by atoms with Crippen molar-refractivity contribution in [3.8, 4) is 0 Å². The Morgan fingerprint density at radius 2 is 1.27 bits per heavy atom. The van der Waals surface area contributed by atoms with Crippen molar-refractivity contribution in [1.82, 2.24) is 0 Å².